The third-order valence-electron chi connectivity index (χ3n) is 4.13. The topological polar surface area (TPSA) is 6.48 Å². The molecule has 0 aromatic carbocycles. The summed E-state index contributed by atoms with van der Waals surface area (Å²) in [6.07, 6.45) is 8.16. The van der Waals surface area contributed by atoms with Crippen molar-refractivity contribution in [3.05, 3.63) is 0 Å². The van der Waals surface area contributed by atoms with Gasteiger partial charge in [-0.05, 0) is 70.7 Å². The Morgan fingerprint density at radius 1 is 0.944 bits per heavy atom. The largest absolute Gasteiger partial charge is 0.303 e. The second kappa shape index (κ2) is 9.80. The standard InChI is InChI=1S/C16H34N2/c1-4-7-12-17-13-8-16(9-14-17)15-18(10-5-2)11-6-3/h16H,4-15H2,1-3H3. The number of hydrogen-bond acceptors (Lipinski definition) is 2. The summed E-state index contributed by atoms with van der Waals surface area (Å²) in [6, 6.07) is 0. The molecule has 1 rings (SSSR count). The second-order valence-electron chi connectivity index (χ2n) is 5.94. The molecule has 1 saturated heterocycles. The van der Waals surface area contributed by atoms with Gasteiger partial charge in [0.15, 0.2) is 0 Å². The van der Waals surface area contributed by atoms with Gasteiger partial charge in [0.2, 0.25) is 0 Å². The van der Waals surface area contributed by atoms with E-state index in [0.29, 0.717) is 0 Å². The number of rotatable bonds is 9. The predicted molar refractivity (Wildman–Crippen MR) is 81.1 cm³/mol. The maximum atomic E-state index is 2.69. The Balaban J connectivity index is 2.20. The first-order chi connectivity index (χ1) is 8.80. The van der Waals surface area contributed by atoms with E-state index in [4.69, 9.17) is 0 Å². The van der Waals surface area contributed by atoms with Crippen LogP contribution in [0, 0.1) is 5.92 Å². The summed E-state index contributed by atoms with van der Waals surface area (Å²) in [4.78, 5) is 5.36. The molecule has 1 aliphatic rings. The summed E-state index contributed by atoms with van der Waals surface area (Å²) in [5.41, 5.74) is 0. The number of nitrogens with zero attached hydrogens (tertiary/aromatic N) is 2. The minimum atomic E-state index is 0.959. The predicted octanol–water partition coefficient (Wildman–Crippen LogP) is 3.62. The number of unbranched alkanes of at least 4 members (excludes halogenated alkanes) is 1. The van der Waals surface area contributed by atoms with Crippen molar-refractivity contribution in [2.24, 2.45) is 5.92 Å². The van der Waals surface area contributed by atoms with Gasteiger partial charge in [0, 0.05) is 6.54 Å². The molecule has 0 amide bonds. The quantitative estimate of drug-likeness (QED) is 0.620. The molecule has 0 aromatic rings. The van der Waals surface area contributed by atoms with Crippen LogP contribution in [0.4, 0.5) is 0 Å². The fourth-order valence-electron chi connectivity index (χ4n) is 3.07. The van der Waals surface area contributed by atoms with E-state index < -0.39 is 0 Å². The normalized spacial score (nSPS) is 18.7. The summed E-state index contributed by atoms with van der Waals surface area (Å²) in [6.45, 7) is 14.9. The molecule has 0 aliphatic carbocycles. The lowest BCUT2D eigenvalue weighted by atomic mass is 9.96. The lowest BCUT2D eigenvalue weighted by Crippen LogP contribution is -2.39. The van der Waals surface area contributed by atoms with Crippen LogP contribution >= 0.6 is 0 Å². The van der Waals surface area contributed by atoms with Gasteiger partial charge in [-0.1, -0.05) is 27.2 Å². The van der Waals surface area contributed by atoms with Gasteiger partial charge < -0.3 is 9.80 Å². The Kier molecular flexibility index (Phi) is 8.70. The van der Waals surface area contributed by atoms with Crippen LogP contribution < -0.4 is 0 Å². The van der Waals surface area contributed by atoms with Crippen LogP contribution in [0.3, 0.4) is 0 Å². The molecule has 2 heteroatoms. The van der Waals surface area contributed by atoms with Crippen molar-refractivity contribution in [2.45, 2.75) is 59.3 Å². The van der Waals surface area contributed by atoms with Crippen molar-refractivity contribution in [3.8, 4) is 0 Å². The highest BCUT2D eigenvalue weighted by molar-refractivity contribution is 4.75. The van der Waals surface area contributed by atoms with E-state index in [0.717, 1.165) is 5.92 Å². The van der Waals surface area contributed by atoms with Crippen LogP contribution in [-0.4, -0.2) is 49.1 Å². The third kappa shape index (κ3) is 6.19. The van der Waals surface area contributed by atoms with E-state index in [1.807, 2.05) is 0 Å². The first-order valence-corrected chi connectivity index (χ1v) is 8.24. The molecule has 0 N–H and O–H groups in total. The van der Waals surface area contributed by atoms with Gasteiger partial charge in [-0.25, -0.2) is 0 Å². The third-order valence-corrected chi connectivity index (χ3v) is 4.13. The molecule has 108 valence electrons. The summed E-state index contributed by atoms with van der Waals surface area (Å²) in [5.74, 6) is 0.959. The molecule has 0 bridgehead atoms. The summed E-state index contributed by atoms with van der Waals surface area (Å²) in [7, 11) is 0. The molecule has 0 atom stereocenters. The van der Waals surface area contributed by atoms with E-state index in [-0.39, 0.29) is 0 Å². The first-order valence-electron chi connectivity index (χ1n) is 8.24. The van der Waals surface area contributed by atoms with Gasteiger partial charge in [-0.15, -0.1) is 0 Å². The number of likely N-dealkylation sites (tertiary alicyclic amines) is 1. The summed E-state index contributed by atoms with van der Waals surface area (Å²) >= 11 is 0. The first kappa shape index (κ1) is 16.0. The highest BCUT2D eigenvalue weighted by atomic mass is 15.1. The monoisotopic (exact) mass is 254 g/mol. The zero-order valence-electron chi connectivity index (χ0n) is 13.0. The van der Waals surface area contributed by atoms with Gasteiger partial charge in [-0.3, -0.25) is 0 Å². The average molecular weight is 254 g/mol. The van der Waals surface area contributed by atoms with Crippen molar-refractivity contribution in [2.75, 3.05) is 39.3 Å². The highest BCUT2D eigenvalue weighted by Gasteiger charge is 2.20. The molecule has 2 nitrogen and oxygen atoms in total. The Labute approximate surface area is 115 Å². The van der Waals surface area contributed by atoms with Crippen LogP contribution in [0.15, 0.2) is 0 Å². The lowest BCUT2D eigenvalue weighted by molar-refractivity contribution is 0.142. The zero-order valence-corrected chi connectivity index (χ0v) is 13.0. The fraction of sp³-hybridized carbons (Fsp3) is 1.00. The van der Waals surface area contributed by atoms with Crippen LogP contribution in [-0.2, 0) is 0 Å². The lowest BCUT2D eigenvalue weighted by Gasteiger charge is -2.34. The molecule has 0 radical (unpaired) electrons. The fourth-order valence-corrected chi connectivity index (χ4v) is 3.07. The minimum Gasteiger partial charge on any atom is -0.303 e. The van der Waals surface area contributed by atoms with Crippen LogP contribution in [0.1, 0.15) is 59.3 Å². The van der Waals surface area contributed by atoms with Crippen molar-refractivity contribution >= 4 is 0 Å². The van der Waals surface area contributed by atoms with Gasteiger partial charge in [0.05, 0.1) is 0 Å². The molecule has 18 heavy (non-hydrogen) atoms. The van der Waals surface area contributed by atoms with E-state index in [2.05, 4.69) is 30.6 Å². The Morgan fingerprint density at radius 3 is 2.06 bits per heavy atom. The van der Waals surface area contributed by atoms with Crippen molar-refractivity contribution in [1.82, 2.24) is 9.80 Å². The number of hydrogen-bond donors (Lipinski definition) is 0. The molecule has 1 aliphatic heterocycles. The zero-order chi connectivity index (χ0) is 13.2. The van der Waals surface area contributed by atoms with Crippen molar-refractivity contribution < 1.29 is 0 Å². The van der Waals surface area contributed by atoms with Crippen molar-refractivity contribution in [1.29, 1.82) is 0 Å². The Morgan fingerprint density at radius 2 is 1.56 bits per heavy atom. The van der Waals surface area contributed by atoms with E-state index in [9.17, 15) is 0 Å². The summed E-state index contributed by atoms with van der Waals surface area (Å²) < 4.78 is 0. The molecule has 0 aromatic heterocycles. The maximum absolute atomic E-state index is 2.69. The van der Waals surface area contributed by atoms with E-state index >= 15 is 0 Å². The Bertz CT molecular complexity index is 180. The minimum absolute atomic E-state index is 0.959. The van der Waals surface area contributed by atoms with E-state index in [1.54, 1.807) is 0 Å². The van der Waals surface area contributed by atoms with Gasteiger partial charge in [0.1, 0.15) is 0 Å². The van der Waals surface area contributed by atoms with E-state index in [1.165, 1.54) is 77.8 Å². The van der Waals surface area contributed by atoms with Crippen LogP contribution in [0.25, 0.3) is 0 Å². The van der Waals surface area contributed by atoms with Gasteiger partial charge >= 0.3 is 0 Å². The van der Waals surface area contributed by atoms with Crippen LogP contribution in [0.2, 0.25) is 0 Å². The maximum Gasteiger partial charge on any atom is 0.00106 e. The van der Waals surface area contributed by atoms with Crippen LogP contribution in [0.5, 0.6) is 0 Å². The molecule has 1 fully saturated rings. The van der Waals surface area contributed by atoms with Crippen molar-refractivity contribution in [3.63, 3.8) is 0 Å². The van der Waals surface area contributed by atoms with Gasteiger partial charge in [-0.2, -0.15) is 0 Å². The molecule has 0 saturated carbocycles. The molecule has 1 heterocycles. The average Bonchev–Trinajstić information content (AvgIpc) is 2.38. The molecular formula is C16H34N2. The molecule has 0 unspecified atom stereocenters. The summed E-state index contributed by atoms with van der Waals surface area (Å²) in [5, 5.41) is 0. The Hall–Kier alpha value is -0.0800. The SMILES string of the molecule is CCCCN1CCC(CN(CCC)CCC)CC1. The molecule has 0 spiro atoms. The second-order valence-corrected chi connectivity index (χ2v) is 5.94. The smallest absolute Gasteiger partial charge is 0.00106 e. The highest BCUT2D eigenvalue weighted by Crippen LogP contribution is 2.19. The number of piperidine rings is 1. The molecular weight excluding hydrogens is 220 g/mol. The van der Waals surface area contributed by atoms with Gasteiger partial charge in [0.25, 0.3) is 0 Å².